The smallest absolute Gasteiger partial charge is 0.323 e. The number of hydrogen-bond donors (Lipinski definition) is 2. The van der Waals surface area contributed by atoms with Crippen LogP contribution in [0, 0.1) is 5.82 Å². The Morgan fingerprint density at radius 3 is 2.70 bits per heavy atom. The van der Waals surface area contributed by atoms with Crippen molar-refractivity contribution in [1.82, 2.24) is 9.88 Å². The van der Waals surface area contributed by atoms with Crippen molar-refractivity contribution >= 4 is 22.8 Å². The summed E-state index contributed by atoms with van der Waals surface area (Å²) in [5.41, 5.74) is 3.45. The minimum atomic E-state index is -0.936. The quantitative estimate of drug-likeness (QED) is 0.655. The molecule has 1 aliphatic rings. The summed E-state index contributed by atoms with van der Waals surface area (Å²) in [6.45, 7) is -0.161. The topological polar surface area (TPSA) is 80.6 Å². The second kappa shape index (κ2) is 8.18. The molecule has 30 heavy (non-hydrogen) atoms. The van der Waals surface area contributed by atoms with Gasteiger partial charge in [-0.3, -0.25) is 9.59 Å². The number of nitrogens with zero attached hydrogens (tertiary/aromatic N) is 1. The predicted octanol–water partition coefficient (Wildman–Crippen LogP) is 3.09. The number of nitrogens with one attached hydrogen (secondary N) is 1. The molecule has 0 fully saturated rings. The normalized spacial score (nSPS) is 15.6. The SMILES string of the molecule is COc1ccc(CC(=O)NC2CCc3c(c4cc(F)ccc4n3CC(=O)O)C2)cc1. The fourth-order valence-corrected chi connectivity index (χ4v) is 4.27. The van der Waals surface area contributed by atoms with Crippen molar-refractivity contribution in [2.45, 2.75) is 38.3 Å². The molecule has 6 nitrogen and oxygen atoms in total. The van der Waals surface area contributed by atoms with Crippen LogP contribution in [0.25, 0.3) is 10.9 Å². The zero-order chi connectivity index (χ0) is 21.3. The van der Waals surface area contributed by atoms with Crippen LogP contribution in [0.5, 0.6) is 5.75 Å². The lowest BCUT2D eigenvalue weighted by atomic mass is 9.91. The maximum Gasteiger partial charge on any atom is 0.323 e. The van der Waals surface area contributed by atoms with E-state index < -0.39 is 5.97 Å². The average Bonchev–Trinajstić information content (AvgIpc) is 3.00. The molecular formula is C23H23FN2O4. The predicted molar refractivity (Wildman–Crippen MR) is 110 cm³/mol. The van der Waals surface area contributed by atoms with Gasteiger partial charge in [0.05, 0.1) is 13.5 Å². The number of amides is 1. The Morgan fingerprint density at radius 1 is 1.23 bits per heavy atom. The van der Waals surface area contributed by atoms with Crippen LogP contribution in [0.1, 0.15) is 23.2 Å². The average molecular weight is 410 g/mol. The largest absolute Gasteiger partial charge is 0.497 e. The second-order valence-corrected chi connectivity index (χ2v) is 7.60. The van der Waals surface area contributed by atoms with Gasteiger partial charge >= 0.3 is 5.97 Å². The molecule has 1 heterocycles. The van der Waals surface area contributed by atoms with Crippen LogP contribution in [-0.2, 0) is 35.4 Å². The van der Waals surface area contributed by atoms with Crippen LogP contribution in [0.4, 0.5) is 4.39 Å². The highest BCUT2D eigenvalue weighted by Crippen LogP contribution is 2.33. The van der Waals surface area contributed by atoms with Crippen LogP contribution in [0.2, 0.25) is 0 Å². The number of halogens is 1. The first kappa shape index (κ1) is 19.9. The molecule has 3 aromatic rings. The van der Waals surface area contributed by atoms with Gasteiger partial charge in [0.25, 0.3) is 0 Å². The van der Waals surface area contributed by atoms with Crippen LogP contribution < -0.4 is 10.1 Å². The zero-order valence-corrected chi connectivity index (χ0v) is 16.7. The van der Waals surface area contributed by atoms with Crippen molar-refractivity contribution in [3.05, 3.63) is 65.1 Å². The molecule has 156 valence electrons. The number of benzene rings is 2. The first-order chi connectivity index (χ1) is 14.4. The first-order valence-corrected chi connectivity index (χ1v) is 9.88. The molecule has 1 amide bonds. The number of carboxylic acid groups (broad SMARTS) is 1. The van der Waals surface area contributed by atoms with Crippen molar-refractivity contribution in [3.63, 3.8) is 0 Å². The van der Waals surface area contributed by atoms with E-state index in [1.807, 2.05) is 24.3 Å². The summed E-state index contributed by atoms with van der Waals surface area (Å²) in [5.74, 6) is -0.629. The molecule has 1 unspecified atom stereocenters. The highest BCUT2D eigenvalue weighted by Gasteiger charge is 2.27. The minimum Gasteiger partial charge on any atom is -0.497 e. The van der Waals surface area contributed by atoms with Crippen molar-refractivity contribution in [3.8, 4) is 5.75 Å². The minimum absolute atomic E-state index is 0.0737. The molecule has 1 aliphatic carbocycles. The van der Waals surface area contributed by atoms with Crippen molar-refractivity contribution < 1.29 is 23.8 Å². The third kappa shape index (κ3) is 4.01. The van der Waals surface area contributed by atoms with Crippen LogP contribution in [-0.4, -0.2) is 34.7 Å². The molecule has 0 radical (unpaired) electrons. The zero-order valence-electron chi connectivity index (χ0n) is 16.7. The second-order valence-electron chi connectivity index (χ2n) is 7.60. The third-order valence-electron chi connectivity index (χ3n) is 5.61. The number of aromatic nitrogens is 1. The number of methoxy groups -OCH3 is 1. The highest BCUT2D eigenvalue weighted by atomic mass is 19.1. The Morgan fingerprint density at radius 2 is 2.00 bits per heavy atom. The summed E-state index contributed by atoms with van der Waals surface area (Å²) in [6, 6.07) is 11.7. The fourth-order valence-electron chi connectivity index (χ4n) is 4.27. The molecule has 2 aromatic carbocycles. The van der Waals surface area contributed by atoms with Crippen molar-refractivity contribution in [2.75, 3.05) is 7.11 Å². The van der Waals surface area contributed by atoms with Gasteiger partial charge in [0.2, 0.25) is 5.91 Å². The molecule has 0 saturated carbocycles. The molecule has 0 spiro atoms. The lowest BCUT2D eigenvalue weighted by Gasteiger charge is -2.25. The molecule has 0 saturated heterocycles. The Bertz CT molecular complexity index is 1100. The lowest BCUT2D eigenvalue weighted by molar-refractivity contribution is -0.137. The standard InChI is InChI=1S/C23H23FN2O4/c1-30-17-6-2-14(3-7-17)10-22(27)25-16-5-9-21-19(12-16)18-11-15(24)4-8-20(18)26(21)13-23(28)29/h2-4,6-8,11,16H,5,9-10,12-13H2,1H3,(H,25,27)(H,28,29). The monoisotopic (exact) mass is 410 g/mol. The Balaban J connectivity index is 1.52. The van der Waals surface area contributed by atoms with E-state index in [9.17, 15) is 19.1 Å². The number of carbonyl (C=O) groups excluding carboxylic acids is 1. The molecule has 2 N–H and O–H groups in total. The Hall–Kier alpha value is -3.35. The Labute approximate surface area is 173 Å². The molecule has 7 heteroatoms. The summed E-state index contributed by atoms with van der Waals surface area (Å²) >= 11 is 0. The van der Waals surface area contributed by atoms with Gasteiger partial charge in [-0.2, -0.15) is 0 Å². The van der Waals surface area contributed by atoms with E-state index in [1.54, 1.807) is 17.7 Å². The van der Waals surface area contributed by atoms with Crippen LogP contribution in [0.3, 0.4) is 0 Å². The van der Waals surface area contributed by atoms with Crippen molar-refractivity contribution in [2.24, 2.45) is 0 Å². The van der Waals surface area contributed by atoms with Crippen LogP contribution >= 0.6 is 0 Å². The number of hydrogen-bond acceptors (Lipinski definition) is 3. The molecule has 4 rings (SSSR count). The van der Waals surface area contributed by atoms with Gasteiger partial charge in [-0.15, -0.1) is 0 Å². The van der Waals surface area contributed by atoms with E-state index in [0.717, 1.165) is 28.0 Å². The summed E-state index contributed by atoms with van der Waals surface area (Å²) in [5, 5.41) is 13.1. The summed E-state index contributed by atoms with van der Waals surface area (Å²) < 4.78 is 20.8. The molecule has 1 atom stereocenters. The number of rotatable bonds is 6. The van der Waals surface area contributed by atoms with E-state index in [2.05, 4.69) is 5.32 Å². The molecule has 0 bridgehead atoms. The third-order valence-corrected chi connectivity index (χ3v) is 5.61. The van der Waals surface area contributed by atoms with Gasteiger partial charge in [-0.05, 0) is 60.7 Å². The van der Waals surface area contributed by atoms with Gasteiger partial charge < -0.3 is 19.7 Å². The number of carboxylic acids is 1. The van der Waals surface area contributed by atoms with Gasteiger partial charge in [0.1, 0.15) is 18.1 Å². The van der Waals surface area contributed by atoms with E-state index >= 15 is 0 Å². The number of aliphatic carboxylic acids is 1. The van der Waals surface area contributed by atoms with Crippen molar-refractivity contribution in [1.29, 1.82) is 0 Å². The van der Waals surface area contributed by atoms with Crippen LogP contribution in [0.15, 0.2) is 42.5 Å². The Kier molecular flexibility index (Phi) is 5.44. The van der Waals surface area contributed by atoms with Gasteiger partial charge in [0.15, 0.2) is 0 Å². The van der Waals surface area contributed by atoms with E-state index in [1.165, 1.54) is 12.1 Å². The first-order valence-electron chi connectivity index (χ1n) is 9.88. The van der Waals surface area contributed by atoms with Gasteiger partial charge in [-0.25, -0.2) is 4.39 Å². The summed E-state index contributed by atoms with van der Waals surface area (Å²) in [7, 11) is 1.60. The van der Waals surface area contributed by atoms with Gasteiger partial charge in [-0.1, -0.05) is 12.1 Å². The maximum atomic E-state index is 13.9. The molecule has 1 aromatic heterocycles. The fraction of sp³-hybridized carbons (Fsp3) is 0.304. The summed E-state index contributed by atoms with van der Waals surface area (Å²) in [4.78, 5) is 23.9. The molecule has 0 aliphatic heterocycles. The maximum absolute atomic E-state index is 13.9. The number of carbonyl (C=O) groups is 2. The van der Waals surface area contributed by atoms with E-state index in [4.69, 9.17) is 4.74 Å². The summed E-state index contributed by atoms with van der Waals surface area (Å²) in [6.07, 6.45) is 2.16. The number of fused-ring (bicyclic) bond motifs is 3. The lowest BCUT2D eigenvalue weighted by Crippen LogP contribution is -2.39. The van der Waals surface area contributed by atoms with Gasteiger partial charge in [0, 0.05) is 22.6 Å². The highest BCUT2D eigenvalue weighted by molar-refractivity contribution is 5.87. The van der Waals surface area contributed by atoms with E-state index in [0.29, 0.717) is 24.8 Å². The van der Waals surface area contributed by atoms with E-state index in [-0.39, 0.29) is 30.7 Å². The molecular weight excluding hydrogens is 387 g/mol. The number of ether oxygens (including phenoxy) is 1.